The van der Waals surface area contributed by atoms with Crippen molar-refractivity contribution in [1.82, 2.24) is 20.3 Å². The number of guanidine groups is 1. The number of aromatic nitrogens is 1. The molecule has 2 rings (SSSR count). The van der Waals surface area contributed by atoms with Crippen molar-refractivity contribution in [2.75, 3.05) is 26.7 Å². The summed E-state index contributed by atoms with van der Waals surface area (Å²) in [5.41, 5.74) is 1.82. The van der Waals surface area contributed by atoms with Gasteiger partial charge in [0.25, 0.3) is 0 Å². The van der Waals surface area contributed by atoms with E-state index in [1.165, 1.54) is 0 Å². The number of piperazine rings is 1. The molecule has 148 valence electrons. The summed E-state index contributed by atoms with van der Waals surface area (Å²) >= 11 is 0. The van der Waals surface area contributed by atoms with Gasteiger partial charge in [-0.1, -0.05) is 5.16 Å². The zero-order chi connectivity index (χ0) is 18.8. The lowest BCUT2D eigenvalue weighted by atomic mass is 9.96. The third kappa shape index (κ3) is 4.89. The number of hydrogen-bond acceptors (Lipinski definition) is 4. The van der Waals surface area contributed by atoms with E-state index in [-0.39, 0.29) is 41.5 Å². The maximum absolute atomic E-state index is 12.6. The first-order chi connectivity index (χ1) is 11.7. The van der Waals surface area contributed by atoms with Crippen LogP contribution in [0.2, 0.25) is 0 Å². The van der Waals surface area contributed by atoms with Crippen LogP contribution in [0.1, 0.15) is 44.7 Å². The summed E-state index contributed by atoms with van der Waals surface area (Å²) < 4.78 is 5.20. The van der Waals surface area contributed by atoms with Crippen LogP contribution in [-0.4, -0.2) is 65.1 Å². The third-order valence-corrected chi connectivity index (χ3v) is 4.69. The lowest BCUT2D eigenvalue weighted by Gasteiger charge is -2.49. The number of hydrogen-bond donors (Lipinski definition) is 1. The average molecular weight is 477 g/mol. The second-order valence-electron chi connectivity index (χ2n) is 7.55. The maximum Gasteiger partial charge on any atom is 0.242 e. The van der Waals surface area contributed by atoms with Crippen LogP contribution >= 0.6 is 24.0 Å². The van der Waals surface area contributed by atoms with Gasteiger partial charge in [-0.3, -0.25) is 9.79 Å². The zero-order valence-electron chi connectivity index (χ0n) is 16.9. The minimum absolute atomic E-state index is 0. The van der Waals surface area contributed by atoms with Gasteiger partial charge in [0, 0.05) is 31.7 Å². The fourth-order valence-corrected chi connectivity index (χ4v) is 3.80. The van der Waals surface area contributed by atoms with Crippen LogP contribution < -0.4 is 5.32 Å². The van der Waals surface area contributed by atoms with E-state index in [1.807, 2.05) is 23.6 Å². The smallest absolute Gasteiger partial charge is 0.242 e. The summed E-state index contributed by atoms with van der Waals surface area (Å²) in [5, 5.41) is 7.35. The van der Waals surface area contributed by atoms with Crippen LogP contribution in [0.25, 0.3) is 0 Å². The number of carbonyl (C=O) groups is 1. The summed E-state index contributed by atoms with van der Waals surface area (Å²) in [6.45, 7) is 14.0. The Morgan fingerprint density at radius 1 is 1.38 bits per heavy atom. The second kappa shape index (κ2) is 9.05. The number of rotatable bonds is 4. The van der Waals surface area contributed by atoms with Gasteiger partial charge in [-0.25, -0.2) is 0 Å². The van der Waals surface area contributed by atoms with Crippen molar-refractivity contribution in [1.29, 1.82) is 0 Å². The molecule has 2 heterocycles. The van der Waals surface area contributed by atoms with Crippen molar-refractivity contribution >= 4 is 35.8 Å². The van der Waals surface area contributed by atoms with Crippen LogP contribution in [0.5, 0.6) is 0 Å². The van der Waals surface area contributed by atoms with E-state index in [2.05, 4.69) is 43.2 Å². The summed E-state index contributed by atoms with van der Waals surface area (Å²) in [7, 11) is 1.75. The van der Waals surface area contributed by atoms with Crippen LogP contribution in [0.4, 0.5) is 0 Å². The topological polar surface area (TPSA) is 74.0 Å². The van der Waals surface area contributed by atoms with E-state index in [0.29, 0.717) is 13.1 Å². The van der Waals surface area contributed by atoms with Crippen molar-refractivity contribution in [3.05, 3.63) is 17.0 Å². The van der Waals surface area contributed by atoms with Crippen LogP contribution in [-0.2, 0) is 11.2 Å². The number of aryl methyl sites for hydroxylation is 2. The molecule has 0 aromatic carbocycles. The van der Waals surface area contributed by atoms with Crippen LogP contribution in [0.15, 0.2) is 9.52 Å². The zero-order valence-corrected chi connectivity index (χ0v) is 19.2. The number of nitrogens with zero attached hydrogens (tertiary/aromatic N) is 4. The van der Waals surface area contributed by atoms with E-state index >= 15 is 0 Å². The molecule has 1 aliphatic heterocycles. The molecule has 1 amide bonds. The molecule has 0 unspecified atom stereocenters. The lowest BCUT2D eigenvalue weighted by Crippen LogP contribution is -2.66. The molecule has 0 saturated carbocycles. The normalized spacial score (nSPS) is 17.5. The SMILES string of the molecule is CN=C(NCCc1c(C)noc1C)N1CC(=O)N(C(C)C)C(C)(C)C1.I. The van der Waals surface area contributed by atoms with Gasteiger partial charge in [0.1, 0.15) is 5.76 Å². The van der Waals surface area contributed by atoms with E-state index in [0.717, 1.165) is 35.9 Å². The monoisotopic (exact) mass is 477 g/mol. The van der Waals surface area contributed by atoms with Gasteiger partial charge >= 0.3 is 0 Å². The fraction of sp³-hybridized carbons (Fsp3) is 0.722. The predicted octanol–water partition coefficient (Wildman–Crippen LogP) is 2.36. The number of nitrogens with one attached hydrogen (secondary N) is 1. The minimum atomic E-state index is -0.233. The Hall–Kier alpha value is -1.32. The number of amides is 1. The van der Waals surface area contributed by atoms with E-state index < -0.39 is 0 Å². The molecule has 1 fully saturated rings. The van der Waals surface area contributed by atoms with Gasteiger partial charge in [-0.15, -0.1) is 24.0 Å². The quantitative estimate of drug-likeness (QED) is 0.410. The largest absolute Gasteiger partial charge is 0.361 e. The Balaban J connectivity index is 0.00000338. The highest BCUT2D eigenvalue weighted by Gasteiger charge is 2.40. The van der Waals surface area contributed by atoms with Gasteiger partial charge in [-0.05, 0) is 48.0 Å². The standard InChI is InChI=1S/C18H31N5O2.HI/c1-12(2)23-16(24)10-22(11-18(23,5)6)17(19-7)20-9-8-15-13(3)21-25-14(15)4;/h12H,8-11H2,1-7H3,(H,19,20);1H. The first kappa shape index (κ1) is 22.7. The Bertz CT molecular complexity index is 635. The lowest BCUT2D eigenvalue weighted by molar-refractivity contribution is -0.145. The molecule has 1 saturated heterocycles. The molecule has 26 heavy (non-hydrogen) atoms. The molecule has 7 nitrogen and oxygen atoms in total. The third-order valence-electron chi connectivity index (χ3n) is 4.69. The van der Waals surface area contributed by atoms with Crippen molar-refractivity contribution in [2.24, 2.45) is 4.99 Å². The van der Waals surface area contributed by atoms with E-state index in [9.17, 15) is 4.79 Å². The molecule has 1 N–H and O–H groups in total. The summed E-state index contributed by atoms with van der Waals surface area (Å²) in [6, 6.07) is 0.194. The Morgan fingerprint density at radius 2 is 2.04 bits per heavy atom. The Labute approximate surface area is 173 Å². The molecule has 0 aliphatic carbocycles. The molecule has 0 radical (unpaired) electrons. The van der Waals surface area contributed by atoms with Gasteiger partial charge in [0.15, 0.2) is 5.96 Å². The fourth-order valence-electron chi connectivity index (χ4n) is 3.80. The molecule has 1 aliphatic rings. The first-order valence-electron chi connectivity index (χ1n) is 8.87. The highest BCUT2D eigenvalue weighted by atomic mass is 127. The van der Waals surface area contributed by atoms with Gasteiger partial charge in [-0.2, -0.15) is 0 Å². The molecule has 0 atom stereocenters. The summed E-state index contributed by atoms with van der Waals surface area (Å²) in [4.78, 5) is 21.0. The average Bonchev–Trinajstić information content (AvgIpc) is 2.80. The van der Waals surface area contributed by atoms with Crippen molar-refractivity contribution in [3.63, 3.8) is 0 Å². The molecular formula is C18H32IN5O2. The highest BCUT2D eigenvalue weighted by Crippen LogP contribution is 2.24. The molecule has 0 spiro atoms. The summed E-state index contributed by atoms with van der Waals surface area (Å²) in [6.07, 6.45) is 0.809. The molecule has 1 aromatic heterocycles. The minimum Gasteiger partial charge on any atom is -0.361 e. The van der Waals surface area contributed by atoms with Gasteiger partial charge < -0.3 is 19.6 Å². The maximum atomic E-state index is 12.6. The Morgan fingerprint density at radius 3 is 2.50 bits per heavy atom. The first-order valence-corrected chi connectivity index (χ1v) is 8.87. The van der Waals surface area contributed by atoms with Gasteiger partial charge in [0.05, 0.1) is 17.8 Å². The molecular weight excluding hydrogens is 445 g/mol. The van der Waals surface area contributed by atoms with E-state index in [1.54, 1.807) is 7.05 Å². The number of carbonyl (C=O) groups excluding carboxylic acids is 1. The molecule has 1 aromatic rings. The summed E-state index contributed by atoms with van der Waals surface area (Å²) in [5.74, 6) is 1.76. The molecule has 8 heteroatoms. The van der Waals surface area contributed by atoms with Crippen molar-refractivity contribution in [3.8, 4) is 0 Å². The van der Waals surface area contributed by atoms with Crippen LogP contribution in [0, 0.1) is 13.8 Å². The highest BCUT2D eigenvalue weighted by molar-refractivity contribution is 14.0. The molecule has 0 bridgehead atoms. The second-order valence-corrected chi connectivity index (χ2v) is 7.55. The number of halogens is 1. The Kier molecular flexibility index (Phi) is 7.91. The van der Waals surface area contributed by atoms with E-state index in [4.69, 9.17) is 4.52 Å². The predicted molar refractivity (Wildman–Crippen MR) is 114 cm³/mol. The number of aliphatic imine (C=N–C) groups is 1. The van der Waals surface area contributed by atoms with Crippen LogP contribution in [0.3, 0.4) is 0 Å². The van der Waals surface area contributed by atoms with Crippen molar-refractivity contribution < 1.29 is 9.32 Å². The van der Waals surface area contributed by atoms with Crippen molar-refractivity contribution in [2.45, 2.75) is 59.5 Å². The van der Waals surface area contributed by atoms with Gasteiger partial charge in [0.2, 0.25) is 5.91 Å².